The summed E-state index contributed by atoms with van der Waals surface area (Å²) < 4.78 is 22.9. The van der Waals surface area contributed by atoms with E-state index in [1.807, 2.05) is 51.0 Å². The first-order valence-electron chi connectivity index (χ1n) is 13.7. The number of para-hydroxylation sites is 1. The van der Waals surface area contributed by atoms with Crippen molar-refractivity contribution in [3.05, 3.63) is 72.3 Å². The van der Waals surface area contributed by atoms with Gasteiger partial charge in [0.1, 0.15) is 46.8 Å². The Morgan fingerprint density at radius 3 is 2.67 bits per heavy atom. The Bertz CT molecular complexity index is 1690. The molecule has 216 valence electrons. The number of likely N-dealkylation sites (tertiary alicyclic amines) is 1. The highest BCUT2D eigenvalue weighted by molar-refractivity contribution is 5.99. The van der Waals surface area contributed by atoms with Crippen LogP contribution in [0.4, 0.5) is 10.2 Å². The Balaban J connectivity index is 1.46. The molecular weight excluding hydrogens is 535 g/mol. The van der Waals surface area contributed by atoms with Gasteiger partial charge in [0, 0.05) is 23.7 Å². The first-order chi connectivity index (χ1) is 20.1. The summed E-state index contributed by atoms with van der Waals surface area (Å²) in [5.74, 6) is 0.246. The van der Waals surface area contributed by atoms with E-state index >= 15 is 4.39 Å². The fourth-order valence-corrected chi connectivity index (χ4v) is 4.99. The molecule has 1 aliphatic rings. The van der Waals surface area contributed by atoms with Crippen LogP contribution in [0, 0.1) is 17.1 Å². The second-order valence-electron chi connectivity index (χ2n) is 11.1. The lowest BCUT2D eigenvalue weighted by molar-refractivity contribution is -0.127. The van der Waals surface area contributed by atoms with E-state index in [0.29, 0.717) is 41.3 Å². The molecular formula is C31H33FN8O2. The molecule has 0 bridgehead atoms. The van der Waals surface area contributed by atoms with Crippen LogP contribution in [0.3, 0.4) is 0 Å². The maximum atomic E-state index is 15.5. The fraction of sp³-hybridized carbons (Fsp3) is 0.323. The van der Waals surface area contributed by atoms with Crippen LogP contribution in [0.15, 0.2) is 66.5 Å². The number of carbonyl (C=O) groups excluding carboxylic acids is 1. The standard InChI is InChI=1S/C31H33FN8O2/c1-31(2,38(3)4)16-20(17-33)30(41)39-14-8-9-21(39)18-40-29-26(28(34)35-19-36-29)27(37-40)24-13-12-23(15-25(24)32)42-22-10-6-5-7-11-22/h5-7,10-13,15-16,19,21H,8-9,14,18H2,1-4H3,(H2,34,35,36)/b20-16+/t21-/m0/s1. The molecule has 4 aromatic rings. The van der Waals surface area contributed by atoms with Crippen molar-refractivity contribution in [1.29, 1.82) is 5.26 Å². The van der Waals surface area contributed by atoms with Crippen molar-refractivity contribution in [2.75, 3.05) is 26.4 Å². The molecule has 0 aliphatic carbocycles. The number of nitrogen functional groups attached to an aromatic ring is 1. The molecule has 0 saturated carbocycles. The normalized spacial score (nSPS) is 15.8. The number of nitrogens with two attached hydrogens (primary N) is 1. The number of amides is 1. The summed E-state index contributed by atoms with van der Waals surface area (Å²) in [6, 6.07) is 15.5. The lowest BCUT2D eigenvalue weighted by Gasteiger charge is -2.30. The van der Waals surface area contributed by atoms with Gasteiger partial charge in [0.05, 0.1) is 18.0 Å². The molecule has 3 heterocycles. The van der Waals surface area contributed by atoms with E-state index in [0.717, 1.165) is 12.8 Å². The lowest BCUT2D eigenvalue weighted by Crippen LogP contribution is -2.41. The van der Waals surface area contributed by atoms with E-state index in [1.165, 1.54) is 12.4 Å². The van der Waals surface area contributed by atoms with Crippen molar-refractivity contribution < 1.29 is 13.9 Å². The topological polar surface area (TPSA) is 126 Å². The number of rotatable bonds is 8. The molecule has 2 aromatic carbocycles. The molecule has 10 nitrogen and oxygen atoms in total. The predicted octanol–water partition coefficient (Wildman–Crippen LogP) is 4.79. The summed E-state index contributed by atoms with van der Waals surface area (Å²) in [5.41, 5.74) is 6.82. The number of hydrogen-bond donors (Lipinski definition) is 1. The van der Waals surface area contributed by atoms with Crippen molar-refractivity contribution in [2.24, 2.45) is 0 Å². The number of benzene rings is 2. The van der Waals surface area contributed by atoms with E-state index < -0.39 is 11.4 Å². The molecule has 1 fully saturated rings. The Labute approximate surface area is 243 Å². The number of likely N-dealkylation sites (N-methyl/N-ethyl adjacent to an activating group) is 1. The SMILES string of the molecule is CN(C)C(C)(C)/C=C(\C#N)C(=O)N1CCC[C@H]1Cn1nc(-c2ccc(Oc3ccccc3)cc2F)c2c(N)ncnc21. The molecule has 2 aromatic heterocycles. The summed E-state index contributed by atoms with van der Waals surface area (Å²) in [7, 11) is 3.80. The van der Waals surface area contributed by atoms with Gasteiger partial charge in [0.25, 0.3) is 5.91 Å². The highest BCUT2D eigenvalue weighted by atomic mass is 19.1. The number of hydrogen-bond acceptors (Lipinski definition) is 8. The van der Waals surface area contributed by atoms with E-state index in [-0.39, 0.29) is 28.9 Å². The zero-order valence-electron chi connectivity index (χ0n) is 24.1. The van der Waals surface area contributed by atoms with Crippen molar-refractivity contribution in [1.82, 2.24) is 29.5 Å². The second kappa shape index (κ2) is 11.6. The van der Waals surface area contributed by atoms with Crippen LogP contribution in [0.5, 0.6) is 11.5 Å². The van der Waals surface area contributed by atoms with Gasteiger partial charge in [-0.25, -0.2) is 19.0 Å². The zero-order valence-corrected chi connectivity index (χ0v) is 24.1. The Hall–Kier alpha value is -4.82. The summed E-state index contributed by atoms with van der Waals surface area (Å²) in [5, 5.41) is 15.0. The number of halogens is 1. The van der Waals surface area contributed by atoms with E-state index in [2.05, 4.69) is 16.0 Å². The van der Waals surface area contributed by atoms with Gasteiger partial charge in [0.15, 0.2) is 5.65 Å². The quantitative estimate of drug-likeness (QED) is 0.238. The van der Waals surface area contributed by atoms with Crippen molar-refractivity contribution in [3.63, 3.8) is 0 Å². The van der Waals surface area contributed by atoms with Crippen molar-refractivity contribution in [3.8, 4) is 28.8 Å². The van der Waals surface area contributed by atoms with Crippen LogP contribution in [0.2, 0.25) is 0 Å². The van der Waals surface area contributed by atoms with E-state index in [9.17, 15) is 10.1 Å². The van der Waals surface area contributed by atoms with Crippen LogP contribution in [-0.2, 0) is 11.3 Å². The van der Waals surface area contributed by atoms with Crippen LogP contribution >= 0.6 is 0 Å². The lowest BCUT2D eigenvalue weighted by atomic mass is 9.99. The number of nitrogens with zero attached hydrogens (tertiary/aromatic N) is 7. The number of nitriles is 1. The minimum Gasteiger partial charge on any atom is -0.457 e. The monoisotopic (exact) mass is 568 g/mol. The highest BCUT2D eigenvalue weighted by Crippen LogP contribution is 2.35. The largest absolute Gasteiger partial charge is 0.457 e. The van der Waals surface area contributed by atoms with Gasteiger partial charge in [-0.1, -0.05) is 18.2 Å². The van der Waals surface area contributed by atoms with Gasteiger partial charge in [-0.2, -0.15) is 10.4 Å². The fourth-order valence-electron chi connectivity index (χ4n) is 4.99. The number of fused-ring (bicyclic) bond motifs is 1. The van der Waals surface area contributed by atoms with Crippen LogP contribution < -0.4 is 10.5 Å². The molecule has 42 heavy (non-hydrogen) atoms. The maximum absolute atomic E-state index is 15.5. The molecule has 1 amide bonds. The average molecular weight is 569 g/mol. The molecule has 5 rings (SSSR count). The minimum atomic E-state index is -0.539. The summed E-state index contributed by atoms with van der Waals surface area (Å²) in [4.78, 5) is 25.7. The van der Waals surface area contributed by atoms with Gasteiger partial charge >= 0.3 is 0 Å². The third-order valence-electron chi connectivity index (χ3n) is 7.76. The minimum absolute atomic E-state index is 0.0954. The molecule has 2 N–H and O–H groups in total. The molecule has 11 heteroatoms. The average Bonchev–Trinajstić information content (AvgIpc) is 3.58. The Morgan fingerprint density at radius 1 is 1.21 bits per heavy atom. The first kappa shape index (κ1) is 28.7. The number of anilines is 1. The summed E-state index contributed by atoms with van der Waals surface area (Å²) in [6.45, 7) is 4.71. The molecule has 1 aliphatic heterocycles. The molecule has 0 spiro atoms. The first-order valence-corrected chi connectivity index (χ1v) is 13.7. The number of ether oxygens (including phenoxy) is 1. The van der Waals surface area contributed by atoms with Crippen LogP contribution in [-0.4, -0.2) is 67.7 Å². The van der Waals surface area contributed by atoms with E-state index in [1.54, 1.807) is 39.9 Å². The van der Waals surface area contributed by atoms with Gasteiger partial charge in [-0.3, -0.25) is 4.79 Å². The second-order valence-corrected chi connectivity index (χ2v) is 11.1. The maximum Gasteiger partial charge on any atom is 0.264 e. The third-order valence-corrected chi connectivity index (χ3v) is 7.76. The van der Waals surface area contributed by atoms with Gasteiger partial charge in [-0.05, 0) is 71.1 Å². The predicted molar refractivity (Wildman–Crippen MR) is 158 cm³/mol. The highest BCUT2D eigenvalue weighted by Gasteiger charge is 2.33. The van der Waals surface area contributed by atoms with E-state index in [4.69, 9.17) is 15.6 Å². The Morgan fingerprint density at radius 2 is 1.98 bits per heavy atom. The number of carbonyl (C=O) groups is 1. The molecule has 0 unspecified atom stereocenters. The Kier molecular flexibility index (Phi) is 7.91. The smallest absolute Gasteiger partial charge is 0.264 e. The molecule has 1 saturated heterocycles. The van der Waals surface area contributed by atoms with Crippen molar-refractivity contribution in [2.45, 2.75) is 44.8 Å². The van der Waals surface area contributed by atoms with Gasteiger partial charge in [0.2, 0.25) is 0 Å². The van der Waals surface area contributed by atoms with Crippen molar-refractivity contribution >= 4 is 22.8 Å². The summed E-state index contributed by atoms with van der Waals surface area (Å²) in [6.07, 6.45) is 4.55. The molecule has 1 atom stereocenters. The van der Waals surface area contributed by atoms with Gasteiger partial charge < -0.3 is 20.3 Å². The summed E-state index contributed by atoms with van der Waals surface area (Å²) >= 11 is 0. The number of aromatic nitrogens is 4. The van der Waals surface area contributed by atoms with Gasteiger partial charge in [-0.15, -0.1) is 0 Å². The van der Waals surface area contributed by atoms with Crippen LogP contribution in [0.25, 0.3) is 22.3 Å². The van der Waals surface area contributed by atoms with Crippen LogP contribution in [0.1, 0.15) is 26.7 Å². The third kappa shape index (κ3) is 5.66. The molecule has 0 radical (unpaired) electrons. The zero-order chi connectivity index (χ0) is 30.0.